The summed E-state index contributed by atoms with van der Waals surface area (Å²) in [5.41, 5.74) is 2.22. The van der Waals surface area contributed by atoms with Crippen molar-refractivity contribution < 1.29 is 9.53 Å². The SMILES string of the molecule is CCCCCCNC(=O)CN(Cc1ccccc1)c1nc(Cc2cccc(OC)c2)ns1. The second kappa shape index (κ2) is 12.8. The molecule has 1 amide bonds. The second-order valence-corrected chi connectivity index (χ2v) is 8.50. The Morgan fingerprint density at radius 3 is 2.66 bits per heavy atom. The van der Waals surface area contributed by atoms with E-state index in [1.807, 2.05) is 47.4 Å². The Morgan fingerprint density at radius 1 is 1.06 bits per heavy atom. The standard InChI is InChI=1S/C25H32N4O2S/c1-3-4-5-9-15-26-24(30)19-29(18-20-11-7-6-8-12-20)25-27-23(28-32-25)17-21-13-10-14-22(16-21)31-2/h6-8,10-14,16H,3-5,9,15,17-19H2,1-2H3,(H,26,30). The lowest BCUT2D eigenvalue weighted by molar-refractivity contribution is -0.119. The highest BCUT2D eigenvalue weighted by Crippen LogP contribution is 2.22. The van der Waals surface area contributed by atoms with Gasteiger partial charge in [0.15, 0.2) is 0 Å². The number of carbonyl (C=O) groups excluding carboxylic acids is 1. The molecule has 0 bridgehead atoms. The zero-order valence-corrected chi connectivity index (χ0v) is 19.7. The van der Waals surface area contributed by atoms with E-state index in [1.165, 1.54) is 24.4 Å². The molecule has 1 heterocycles. The summed E-state index contributed by atoms with van der Waals surface area (Å²) in [5.74, 6) is 1.58. The fourth-order valence-corrected chi connectivity index (χ4v) is 4.10. The maximum atomic E-state index is 12.6. The van der Waals surface area contributed by atoms with Crippen LogP contribution in [0.15, 0.2) is 54.6 Å². The maximum Gasteiger partial charge on any atom is 0.239 e. The molecule has 3 rings (SSSR count). The minimum Gasteiger partial charge on any atom is -0.497 e. The van der Waals surface area contributed by atoms with E-state index in [2.05, 4.69) is 28.7 Å². The number of ether oxygens (including phenoxy) is 1. The molecule has 2 aromatic carbocycles. The number of hydrogen-bond acceptors (Lipinski definition) is 6. The molecule has 1 aromatic heterocycles. The molecule has 0 saturated heterocycles. The molecule has 170 valence electrons. The summed E-state index contributed by atoms with van der Waals surface area (Å²) in [5, 5.41) is 3.81. The van der Waals surface area contributed by atoms with E-state index in [0.29, 0.717) is 13.0 Å². The Labute approximate surface area is 194 Å². The van der Waals surface area contributed by atoms with Gasteiger partial charge in [-0.3, -0.25) is 4.79 Å². The van der Waals surface area contributed by atoms with Crippen molar-refractivity contribution in [1.29, 1.82) is 0 Å². The van der Waals surface area contributed by atoms with Crippen LogP contribution >= 0.6 is 11.5 Å². The van der Waals surface area contributed by atoms with Gasteiger partial charge in [0.2, 0.25) is 11.0 Å². The number of carbonyl (C=O) groups is 1. The number of nitrogens with zero attached hydrogens (tertiary/aromatic N) is 3. The number of hydrogen-bond donors (Lipinski definition) is 1. The highest BCUT2D eigenvalue weighted by molar-refractivity contribution is 7.09. The monoisotopic (exact) mass is 452 g/mol. The number of anilines is 1. The van der Waals surface area contributed by atoms with Gasteiger partial charge >= 0.3 is 0 Å². The molecule has 7 heteroatoms. The molecule has 0 saturated carbocycles. The Balaban J connectivity index is 1.66. The lowest BCUT2D eigenvalue weighted by Gasteiger charge is -2.21. The average molecular weight is 453 g/mol. The van der Waals surface area contributed by atoms with Gasteiger partial charge in [0.1, 0.15) is 11.6 Å². The van der Waals surface area contributed by atoms with E-state index in [1.54, 1.807) is 7.11 Å². The highest BCUT2D eigenvalue weighted by atomic mass is 32.1. The third-order valence-corrected chi connectivity index (χ3v) is 5.94. The summed E-state index contributed by atoms with van der Waals surface area (Å²) in [6, 6.07) is 18.1. The maximum absolute atomic E-state index is 12.6. The Bertz CT molecular complexity index is 961. The zero-order valence-electron chi connectivity index (χ0n) is 18.9. The lowest BCUT2D eigenvalue weighted by Crippen LogP contribution is -2.37. The normalized spacial score (nSPS) is 10.7. The second-order valence-electron chi connectivity index (χ2n) is 7.77. The van der Waals surface area contributed by atoms with Crippen molar-refractivity contribution in [3.63, 3.8) is 0 Å². The fourth-order valence-electron chi connectivity index (χ4n) is 3.41. The van der Waals surface area contributed by atoms with E-state index in [-0.39, 0.29) is 12.5 Å². The molecule has 0 radical (unpaired) electrons. The third-order valence-electron chi connectivity index (χ3n) is 5.13. The molecule has 0 aliphatic heterocycles. The Kier molecular flexibility index (Phi) is 9.50. The van der Waals surface area contributed by atoms with Gasteiger partial charge in [-0.05, 0) is 29.7 Å². The molecule has 0 aliphatic carbocycles. The van der Waals surface area contributed by atoms with E-state index in [4.69, 9.17) is 9.72 Å². The first kappa shape index (κ1) is 23.7. The van der Waals surface area contributed by atoms with E-state index in [0.717, 1.165) is 47.2 Å². The van der Waals surface area contributed by atoms with Gasteiger partial charge < -0.3 is 15.0 Å². The van der Waals surface area contributed by atoms with E-state index >= 15 is 0 Å². The number of aromatic nitrogens is 2. The first-order valence-electron chi connectivity index (χ1n) is 11.2. The first-order chi connectivity index (χ1) is 15.7. The molecule has 0 atom stereocenters. The van der Waals surface area contributed by atoms with Gasteiger partial charge in [-0.1, -0.05) is 68.7 Å². The van der Waals surface area contributed by atoms with Crippen LogP contribution in [0.1, 0.15) is 49.6 Å². The van der Waals surface area contributed by atoms with Crippen LogP contribution in [0, 0.1) is 0 Å². The predicted octanol–water partition coefficient (Wildman–Crippen LogP) is 4.84. The average Bonchev–Trinajstić information content (AvgIpc) is 3.28. The quantitative estimate of drug-likeness (QED) is 0.376. The van der Waals surface area contributed by atoms with Gasteiger partial charge in [0.25, 0.3) is 0 Å². The fraction of sp³-hybridized carbons (Fsp3) is 0.400. The highest BCUT2D eigenvalue weighted by Gasteiger charge is 2.17. The van der Waals surface area contributed by atoms with Crippen molar-refractivity contribution in [3.05, 3.63) is 71.5 Å². The summed E-state index contributed by atoms with van der Waals surface area (Å²) in [4.78, 5) is 19.4. The number of benzene rings is 2. The number of amides is 1. The number of nitrogens with one attached hydrogen (secondary N) is 1. The number of methoxy groups -OCH3 is 1. The van der Waals surface area contributed by atoms with Crippen LogP contribution in [0.25, 0.3) is 0 Å². The summed E-state index contributed by atoms with van der Waals surface area (Å²) < 4.78 is 9.86. The molecule has 1 N–H and O–H groups in total. The van der Waals surface area contributed by atoms with Gasteiger partial charge in [-0.25, -0.2) is 4.98 Å². The first-order valence-corrected chi connectivity index (χ1v) is 12.0. The smallest absolute Gasteiger partial charge is 0.239 e. The Morgan fingerprint density at radius 2 is 1.88 bits per heavy atom. The molecule has 32 heavy (non-hydrogen) atoms. The molecule has 3 aromatic rings. The molecule has 0 unspecified atom stereocenters. The van der Waals surface area contributed by atoms with Crippen LogP contribution < -0.4 is 15.0 Å². The number of unbranched alkanes of at least 4 members (excludes halogenated alkanes) is 3. The van der Waals surface area contributed by atoms with Crippen LogP contribution in [-0.2, 0) is 17.8 Å². The van der Waals surface area contributed by atoms with Crippen molar-refractivity contribution in [2.45, 2.75) is 45.6 Å². The van der Waals surface area contributed by atoms with Crippen molar-refractivity contribution in [2.24, 2.45) is 0 Å². The van der Waals surface area contributed by atoms with Crippen LogP contribution in [0.5, 0.6) is 5.75 Å². The minimum absolute atomic E-state index is 0.0157. The molecule has 0 aliphatic rings. The minimum atomic E-state index is 0.0157. The summed E-state index contributed by atoms with van der Waals surface area (Å²) in [7, 11) is 1.66. The molecule has 0 spiro atoms. The molecular formula is C25H32N4O2S. The van der Waals surface area contributed by atoms with E-state index in [9.17, 15) is 4.79 Å². The van der Waals surface area contributed by atoms with E-state index < -0.39 is 0 Å². The van der Waals surface area contributed by atoms with Crippen LogP contribution in [0.3, 0.4) is 0 Å². The summed E-state index contributed by atoms with van der Waals surface area (Å²) >= 11 is 1.34. The Hall–Kier alpha value is -2.93. The van der Waals surface area contributed by atoms with Crippen LogP contribution in [0.4, 0.5) is 5.13 Å². The molecular weight excluding hydrogens is 420 g/mol. The van der Waals surface area contributed by atoms with Crippen molar-refractivity contribution >= 4 is 22.6 Å². The molecule has 6 nitrogen and oxygen atoms in total. The summed E-state index contributed by atoms with van der Waals surface area (Å²) in [6.45, 7) is 3.77. The lowest BCUT2D eigenvalue weighted by atomic mass is 10.1. The van der Waals surface area contributed by atoms with Crippen molar-refractivity contribution in [3.8, 4) is 5.75 Å². The topological polar surface area (TPSA) is 67.4 Å². The number of rotatable bonds is 13. The molecule has 0 fully saturated rings. The van der Waals surface area contributed by atoms with Crippen molar-refractivity contribution in [1.82, 2.24) is 14.7 Å². The van der Waals surface area contributed by atoms with Gasteiger partial charge in [0.05, 0.1) is 13.7 Å². The van der Waals surface area contributed by atoms with Crippen molar-refractivity contribution in [2.75, 3.05) is 25.1 Å². The summed E-state index contributed by atoms with van der Waals surface area (Å²) in [6.07, 6.45) is 5.18. The van der Waals surface area contributed by atoms with Crippen LogP contribution in [-0.4, -0.2) is 35.5 Å². The van der Waals surface area contributed by atoms with Crippen LogP contribution in [0.2, 0.25) is 0 Å². The largest absolute Gasteiger partial charge is 0.497 e. The zero-order chi connectivity index (χ0) is 22.6. The van der Waals surface area contributed by atoms with Gasteiger partial charge in [-0.2, -0.15) is 4.37 Å². The van der Waals surface area contributed by atoms with Gasteiger partial charge in [-0.15, -0.1) is 0 Å². The van der Waals surface area contributed by atoms with Gasteiger partial charge in [0, 0.05) is 31.0 Å². The predicted molar refractivity (Wildman–Crippen MR) is 130 cm³/mol. The third kappa shape index (κ3) is 7.64.